The van der Waals surface area contributed by atoms with E-state index in [1.165, 1.54) is 0 Å². The Morgan fingerprint density at radius 1 is 1.47 bits per heavy atom. The summed E-state index contributed by atoms with van der Waals surface area (Å²) in [5.74, 6) is 0.257. The Bertz CT molecular complexity index is 220. The average molecular weight is 210 g/mol. The van der Waals surface area contributed by atoms with E-state index in [0.717, 1.165) is 38.9 Å². The van der Waals surface area contributed by atoms with Crippen molar-refractivity contribution in [2.24, 2.45) is 0 Å². The van der Waals surface area contributed by atoms with Crippen LogP contribution in [0.1, 0.15) is 33.1 Å². The van der Waals surface area contributed by atoms with Crippen LogP contribution in [0.2, 0.25) is 0 Å². The van der Waals surface area contributed by atoms with Gasteiger partial charge in [-0.1, -0.05) is 12.2 Å². The monoisotopic (exact) mass is 210 g/mol. The second-order valence-electron chi connectivity index (χ2n) is 4.07. The highest BCUT2D eigenvalue weighted by atomic mass is 16.2. The van der Waals surface area contributed by atoms with Crippen molar-refractivity contribution in [2.75, 3.05) is 19.6 Å². The van der Waals surface area contributed by atoms with Crippen LogP contribution in [0.4, 0.5) is 0 Å². The van der Waals surface area contributed by atoms with Gasteiger partial charge in [0.2, 0.25) is 5.91 Å². The molecule has 1 N–H and O–H groups in total. The first-order valence-electron chi connectivity index (χ1n) is 5.89. The number of amides is 1. The van der Waals surface area contributed by atoms with E-state index in [9.17, 15) is 4.79 Å². The van der Waals surface area contributed by atoms with E-state index in [0.29, 0.717) is 0 Å². The quantitative estimate of drug-likeness (QED) is 0.551. The molecule has 0 aliphatic carbocycles. The molecule has 3 nitrogen and oxygen atoms in total. The lowest BCUT2D eigenvalue weighted by Gasteiger charge is -2.20. The molecule has 0 aromatic heterocycles. The summed E-state index contributed by atoms with van der Waals surface area (Å²) in [4.78, 5) is 13.8. The minimum Gasteiger partial charge on any atom is -0.341 e. The lowest BCUT2D eigenvalue weighted by Crippen LogP contribution is -2.43. The lowest BCUT2D eigenvalue weighted by molar-refractivity contribution is -0.131. The highest BCUT2D eigenvalue weighted by Crippen LogP contribution is 2.08. The van der Waals surface area contributed by atoms with Crippen molar-refractivity contribution < 1.29 is 4.79 Å². The summed E-state index contributed by atoms with van der Waals surface area (Å²) in [5, 5.41) is 3.25. The van der Waals surface area contributed by atoms with E-state index < -0.39 is 0 Å². The summed E-state index contributed by atoms with van der Waals surface area (Å²) in [5.41, 5.74) is 0. The summed E-state index contributed by atoms with van der Waals surface area (Å²) < 4.78 is 0. The maximum absolute atomic E-state index is 11.9. The van der Waals surface area contributed by atoms with Crippen molar-refractivity contribution in [1.29, 1.82) is 0 Å². The van der Waals surface area contributed by atoms with Gasteiger partial charge in [0.05, 0.1) is 6.04 Å². The predicted molar refractivity (Wildman–Crippen MR) is 62.7 cm³/mol. The van der Waals surface area contributed by atoms with Crippen molar-refractivity contribution in [3.63, 3.8) is 0 Å². The van der Waals surface area contributed by atoms with Crippen molar-refractivity contribution in [2.45, 2.75) is 39.2 Å². The van der Waals surface area contributed by atoms with Crippen LogP contribution in [0.5, 0.6) is 0 Å². The predicted octanol–water partition coefficient (Wildman–Crippen LogP) is 1.55. The van der Waals surface area contributed by atoms with E-state index in [1.54, 1.807) is 0 Å². The second-order valence-corrected chi connectivity index (χ2v) is 4.07. The fourth-order valence-electron chi connectivity index (χ4n) is 1.85. The molecule has 15 heavy (non-hydrogen) atoms. The van der Waals surface area contributed by atoms with E-state index in [-0.39, 0.29) is 11.9 Å². The first kappa shape index (κ1) is 12.2. The molecule has 1 atom stereocenters. The molecule has 0 aromatic rings. The highest BCUT2D eigenvalue weighted by molar-refractivity contribution is 5.81. The van der Waals surface area contributed by atoms with Gasteiger partial charge in [-0.2, -0.15) is 0 Å². The number of nitrogens with one attached hydrogen (secondary N) is 1. The number of hydrogen-bond acceptors (Lipinski definition) is 2. The molecular formula is C12H22N2O. The second kappa shape index (κ2) is 6.62. The molecule has 1 rings (SSSR count). The Kier molecular flexibility index (Phi) is 5.40. The lowest BCUT2D eigenvalue weighted by atomic mass is 10.2. The molecule has 1 fully saturated rings. The number of carbonyl (C=O) groups excluding carboxylic acids is 1. The highest BCUT2D eigenvalue weighted by Gasteiger charge is 2.22. The first-order valence-corrected chi connectivity index (χ1v) is 5.89. The third kappa shape index (κ3) is 4.04. The molecule has 1 heterocycles. The van der Waals surface area contributed by atoms with Gasteiger partial charge in [0, 0.05) is 13.1 Å². The van der Waals surface area contributed by atoms with E-state index in [4.69, 9.17) is 0 Å². The molecule has 1 aliphatic rings. The Balaban J connectivity index is 2.20. The molecule has 1 amide bonds. The molecule has 3 heteroatoms. The van der Waals surface area contributed by atoms with Gasteiger partial charge >= 0.3 is 0 Å². The van der Waals surface area contributed by atoms with Crippen LogP contribution >= 0.6 is 0 Å². The van der Waals surface area contributed by atoms with E-state index >= 15 is 0 Å². The molecule has 1 aliphatic heterocycles. The maximum atomic E-state index is 11.9. The van der Waals surface area contributed by atoms with Crippen LogP contribution in [0, 0.1) is 0 Å². The summed E-state index contributed by atoms with van der Waals surface area (Å²) >= 11 is 0. The first-order chi connectivity index (χ1) is 7.25. The van der Waals surface area contributed by atoms with Gasteiger partial charge in [-0.3, -0.25) is 4.79 Å². The van der Waals surface area contributed by atoms with Crippen LogP contribution in [-0.4, -0.2) is 36.5 Å². The standard InChI is InChI=1S/C12H22N2O/c1-3-4-5-8-13-11(2)12(15)14-9-6-7-10-14/h3-4,11,13H,5-10H2,1-2H3/b4-3+. The third-order valence-electron chi connectivity index (χ3n) is 2.79. The van der Waals surface area contributed by atoms with Crippen molar-refractivity contribution >= 4 is 5.91 Å². The van der Waals surface area contributed by atoms with Crippen LogP contribution in [0.15, 0.2) is 12.2 Å². The summed E-state index contributed by atoms with van der Waals surface area (Å²) in [6.07, 6.45) is 7.47. The number of nitrogens with zero attached hydrogens (tertiary/aromatic N) is 1. The van der Waals surface area contributed by atoms with Gasteiger partial charge in [0.1, 0.15) is 0 Å². The number of likely N-dealkylation sites (tertiary alicyclic amines) is 1. The Labute approximate surface area is 92.5 Å². The normalized spacial score (nSPS) is 18.7. The van der Waals surface area contributed by atoms with Crippen LogP contribution in [-0.2, 0) is 4.79 Å². The van der Waals surface area contributed by atoms with E-state index in [2.05, 4.69) is 11.4 Å². The summed E-state index contributed by atoms with van der Waals surface area (Å²) in [6.45, 7) is 6.74. The van der Waals surface area contributed by atoms with Crippen LogP contribution in [0.25, 0.3) is 0 Å². The van der Waals surface area contributed by atoms with E-state index in [1.807, 2.05) is 24.8 Å². The third-order valence-corrected chi connectivity index (χ3v) is 2.79. The molecule has 0 bridgehead atoms. The van der Waals surface area contributed by atoms with Gasteiger partial charge in [-0.05, 0) is 39.7 Å². The molecule has 86 valence electrons. The molecule has 0 aromatic carbocycles. The molecule has 1 saturated heterocycles. The smallest absolute Gasteiger partial charge is 0.239 e. The topological polar surface area (TPSA) is 32.3 Å². The number of carbonyl (C=O) groups is 1. The molecule has 1 unspecified atom stereocenters. The Hall–Kier alpha value is -0.830. The maximum Gasteiger partial charge on any atom is 0.239 e. The summed E-state index contributed by atoms with van der Waals surface area (Å²) in [7, 11) is 0. The van der Waals surface area contributed by atoms with Crippen molar-refractivity contribution in [3.8, 4) is 0 Å². The fraction of sp³-hybridized carbons (Fsp3) is 0.750. The summed E-state index contributed by atoms with van der Waals surface area (Å²) in [6, 6.07) is -0.0339. The van der Waals surface area contributed by atoms with Gasteiger partial charge in [-0.25, -0.2) is 0 Å². The van der Waals surface area contributed by atoms with Gasteiger partial charge in [-0.15, -0.1) is 0 Å². The molecule has 0 radical (unpaired) electrons. The number of hydrogen-bond donors (Lipinski definition) is 1. The average Bonchev–Trinajstić information content (AvgIpc) is 2.76. The zero-order chi connectivity index (χ0) is 11.1. The Morgan fingerprint density at radius 2 is 2.13 bits per heavy atom. The minimum atomic E-state index is -0.0339. The van der Waals surface area contributed by atoms with Gasteiger partial charge < -0.3 is 10.2 Å². The zero-order valence-electron chi connectivity index (χ0n) is 9.83. The van der Waals surface area contributed by atoms with Gasteiger partial charge in [0.25, 0.3) is 0 Å². The molecule has 0 spiro atoms. The van der Waals surface area contributed by atoms with Crippen LogP contribution < -0.4 is 5.32 Å². The Morgan fingerprint density at radius 3 is 2.73 bits per heavy atom. The molecular weight excluding hydrogens is 188 g/mol. The zero-order valence-corrected chi connectivity index (χ0v) is 9.83. The van der Waals surface area contributed by atoms with Crippen molar-refractivity contribution in [3.05, 3.63) is 12.2 Å². The fourth-order valence-corrected chi connectivity index (χ4v) is 1.85. The van der Waals surface area contributed by atoms with Crippen LogP contribution in [0.3, 0.4) is 0 Å². The molecule has 0 saturated carbocycles. The van der Waals surface area contributed by atoms with Crippen molar-refractivity contribution in [1.82, 2.24) is 10.2 Å². The largest absolute Gasteiger partial charge is 0.341 e. The number of rotatable bonds is 5. The minimum absolute atomic E-state index is 0.0339. The number of allylic oxidation sites excluding steroid dienone is 1. The van der Waals surface area contributed by atoms with Gasteiger partial charge in [0.15, 0.2) is 0 Å². The SMILES string of the molecule is C/C=C/CCNC(C)C(=O)N1CCCC1.